The van der Waals surface area contributed by atoms with Gasteiger partial charge in [0.05, 0.1) is 7.11 Å². The number of ether oxygens (including phenoxy) is 2. The summed E-state index contributed by atoms with van der Waals surface area (Å²) in [6.07, 6.45) is 4.35. The number of hydrogen-bond acceptors (Lipinski definition) is 4. The molecule has 1 aliphatic rings. The SMILES string of the molecule is COc1cc(CC(Cl)C2CCOCC2)ncn1. The highest BCUT2D eigenvalue weighted by Gasteiger charge is 2.22. The fourth-order valence-corrected chi connectivity index (χ4v) is 2.45. The fraction of sp³-hybridized carbons (Fsp3) is 0.667. The Morgan fingerprint density at radius 3 is 2.94 bits per heavy atom. The molecule has 0 aliphatic carbocycles. The van der Waals surface area contributed by atoms with Gasteiger partial charge in [-0.05, 0) is 18.8 Å². The third kappa shape index (κ3) is 3.54. The van der Waals surface area contributed by atoms with Crippen molar-refractivity contribution in [3.8, 4) is 5.88 Å². The first-order valence-electron chi connectivity index (χ1n) is 5.86. The first-order chi connectivity index (χ1) is 8.29. The summed E-state index contributed by atoms with van der Waals surface area (Å²) < 4.78 is 10.4. The van der Waals surface area contributed by atoms with Crippen molar-refractivity contribution in [2.45, 2.75) is 24.6 Å². The van der Waals surface area contributed by atoms with Gasteiger partial charge in [-0.1, -0.05) is 0 Å². The van der Waals surface area contributed by atoms with Crippen LogP contribution in [0.15, 0.2) is 12.4 Å². The average Bonchev–Trinajstić information content (AvgIpc) is 2.40. The van der Waals surface area contributed by atoms with Crippen molar-refractivity contribution >= 4 is 11.6 Å². The zero-order valence-electron chi connectivity index (χ0n) is 9.93. The molecule has 0 bridgehead atoms. The van der Waals surface area contributed by atoms with Crippen LogP contribution >= 0.6 is 11.6 Å². The van der Waals surface area contributed by atoms with Gasteiger partial charge < -0.3 is 9.47 Å². The second-order valence-corrected chi connectivity index (χ2v) is 4.78. The molecule has 4 nitrogen and oxygen atoms in total. The quantitative estimate of drug-likeness (QED) is 0.774. The smallest absolute Gasteiger partial charge is 0.216 e. The van der Waals surface area contributed by atoms with Crippen LogP contribution in [0.3, 0.4) is 0 Å². The Balaban J connectivity index is 1.94. The first-order valence-corrected chi connectivity index (χ1v) is 6.30. The van der Waals surface area contributed by atoms with Gasteiger partial charge in [-0.2, -0.15) is 0 Å². The molecule has 2 heterocycles. The van der Waals surface area contributed by atoms with Gasteiger partial charge in [0.2, 0.25) is 5.88 Å². The second-order valence-electron chi connectivity index (χ2n) is 4.22. The molecular formula is C12H17ClN2O2. The Bertz CT molecular complexity index is 356. The number of nitrogens with zero attached hydrogens (tertiary/aromatic N) is 2. The van der Waals surface area contributed by atoms with Crippen molar-refractivity contribution in [2.75, 3.05) is 20.3 Å². The number of aromatic nitrogens is 2. The molecule has 1 saturated heterocycles. The number of methoxy groups -OCH3 is 1. The summed E-state index contributed by atoms with van der Waals surface area (Å²) in [5.74, 6) is 1.11. The van der Waals surface area contributed by atoms with E-state index in [9.17, 15) is 0 Å². The van der Waals surface area contributed by atoms with Crippen LogP contribution < -0.4 is 4.74 Å². The highest BCUT2D eigenvalue weighted by Crippen LogP contribution is 2.25. The minimum Gasteiger partial charge on any atom is -0.481 e. The first kappa shape index (κ1) is 12.6. The highest BCUT2D eigenvalue weighted by molar-refractivity contribution is 6.20. The van der Waals surface area contributed by atoms with Crippen LogP contribution in [0.5, 0.6) is 5.88 Å². The van der Waals surface area contributed by atoms with Gasteiger partial charge in [-0.3, -0.25) is 0 Å². The van der Waals surface area contributed by atoms with Gasteiger partial charge in [-0.15, -0.1) is 11.6 Å². The predicted octanol–water partition coefficient (Wildman–Crippen LogP) is 2.06. The molecule has 1 aromatic rings. The molecule has 2 rings (SSSR count). The fourth-order valence-electron chi connectivity index (χ4n) is 2.04. The minimum absolute atomic E-state index is 0.110. The van der Waals surface area contributed by atoms with E-state index in [2.05, 4.69) is 9.97 Å². The maximum Gasteiger partial charge on any atom is 0.216 e. The van der Waals surface area contributed by atoms with Gasteiger partial charge in [0.15, 0.2) is 0 Å². The maximum absolute atomic E-state index is 6.43. The Morgan fingerprint density at radius 2 is 2.24 bits per heavy atom. The van der Waals surface area contributed by atoms with Crippen molar-refractivity contribution in [1.29, 1.82) is 0 Å². The summed E-state index contributed by atoms with van der Waals surface area (Å²) >= 11 is 6.43. The molecule has 1 fully saturated rings. The molecule has 17 heavy (non-hydrogen) atoms. The lowest BCUT2D eigenvalue weighted by Gasteiger charge is -2.26. The summed E-state index contributed by atoms with van der Waals surface area (Å²) in [7, 11) is 1.60. The molecule has 1 aliphatic heterocycles. The van der Waals surface area contributed by atoms with Crippen LogP contribution in [0, 0.1) is 5.92 Å². The number of rotatable bonds is 4. The largest absolute Gasteiger partial charge is 0.481 e. The van der Waals surface area contributed by atoms with Crippen molar-refractivity contribution in [3.63, 3.8) is 0 Å². The molecule has 5 heteroatoms. The molecule has 0 aromatic carbocycles. The Labute approximate surface area is 106 Å². The number of alkyl halides is 1. The van der Waals surface area contributed by atoms with E-state index in [1.807, 2.05) is 6.07 Å². The summed E-state index contributed by atoms with van der Waals surface area (Å²) in [5.41, 5.74) is 0.934. The molecule has 1 aromatic heterocycles. The van der Waals surface area contributed by atoms with Gasteiger partial charge in [0.1, 0.15) is 6.33 Å². The maximum atomic E-state index is 6.43. The van der Waals surface area contributed by atoms with Crippen LogP contribution in [0.2, 0.25) is 0 Å². The van der Waals surface area contributed by atoms with Crippen LogP contribution in [0.1, 0.15) is 18.5 Å². The van der Waals surface area contributed by atoms with Crippen molar-refractivity contribution in [2.24, 2.45) is 5.92 Å². The standard InChI is InChI=1S/C12H17ClN2O2/c1-16-12-7-10(14-8-15-12)6-11(13)9-2-4-17-5-3-9/h7-9,11H,2-6H2,1H3. The zero-order chi connectivity index (χ0) is 12.1. The Hall–Kier alpha value is -0.870. The second kappa shape index (κ2) is 6.17. The third-order valence-electron chi connectivity index (χ3n) is 3.09. The summed E-state index contributed by atoms with van der Waals surface area (Å²) in [5, 5.41) is 0.110. The predicted molar refractivity (Wildman–Crippen MR) is 65.5 cm³/mol. The van der Waals surface area contributed by atoms with E-state index in [-0.39, 0.29) is 5.38 Å². The summed E-state index contributed by atoms with van der Waals surface area (Å²) in [4.78, 5) is 8.20. The van der Waals surface area contributed by atoms with Gasteiger partial charge in [0, 0.05) is 36.8 Å². The normalized spacial score (nSPS) is 18.9. The average molecular weight is 257 g/mol. The van der Waals surface area contributed by atoms with Crippen LogP contribution in [-0.2, 0) is 11.2 Å². The summed E-state index contributed by atoms with van der Waals surface area (Å²) in [6, 6.07) is 1.84. The zero-order valence-corrected chi connectivity index (χ0v) is 10.7. The van der Waals surface area contributed by atoms with Gasteiger partial charge in [0.25, 0.3) is 0 Å². The molecule has 0 N–H and O–H groups in total. The Morgan fingerprint density at radius 1 is 1.47 bits per heavy atom. The Kier molecular flexibility index (Phi) is 4.57. The molecule has 0 spiro atoms. The molecule has 1 atom stereocenters. The summed E-state index contributed by atoms with van der Waals surface area (Å²) in [6.45, 7) is 1.64. The molecule has 0 saturated carbocycles. The van der Waals surface area contributed by atoms with Crippen LogP contribution in [-0.4, -0.2) is 35.7 Å². The molecule has 94 valence electrons. The van der Waals surface area contributed by atoms with Crippen LogP contribution in [0.25, 0.3) is 0 Å². The third-order valence-corrected chi connectivity index (χ3v) is 3.60. The van der Waals surface area contributed by atoms with Crippen LogP contribution in [0.4, 0.5) is 0 Å². The van der Waals surface area contributed by atoms with E-state index in [0.717, 1.165) is 38.2 Å². The highest BCUT2D eigenvalue weighted by atomic mass is 35.5. The monoisotopic (exact) mass is 256 g/mol. The lowest BCUT2D eigenvalue weighted by Crippen LogP contribution is -2.25. The van der Waals surface area contributed by atoms with E-state index in [1.165, 1.54) is 6.33 Å². The number of hydrogen-bond donors (Lipinski definition) is 0. The van der Waals surface area contributed by atoms with E-state index in [1.54, 1.807) is 7.11 Å². The van der Waals surface area contributed by atoms with E-state index >= 15 is 0 Å². The van der Waals surface area contributed by atoms with E-state index < -0.39 is 0 Å². The molecular weight excluding hydrogens is 240 g/mol. The number of halogens is 1. The van der Waals surface area contributed by atoms with Crippen molar-refractivity contribution in [3.05, 3.63) is 18.1 Å². The topological polar surface area (TPSA) is 44.2 Å². The van der Waals surface area contributed by atoms with Crippen molar-refractivity contribution < 1.29 is 9.47 Å². The molecule has 0 radical (unpaired) electrons. The molecule has 0 amide bonds. The van der Waals surface area contributed by atoms with Gasteiger partial charge in [-0.25, -0.2) is 9.97 Å². The minimum atomic E-state index is 0.110. The molecule has 1 unspecified atom stereocenters. The van der Waals surface area contributed by atoms with E-state index in [0.29, 0.717) is 11.8 Å². The van der Waals surface area contributed by atoms with E-state index in [4.69, 9.17) is 21.1 Å². The van der Waals surface area contributed by atoms with Crippen molar-refractivity contribution in [1.82, 2.24) is 9.97 Å². The van der Waals surface area contributed by atoms with Gasteiger partial charge >= 0.3 is 0 Å². The lowest BCUT2D eigenvalue weighted by molar-refractivity contribution is 0.0650. The lowest BCUT2D eigenvalue weighted by atomic mass is 9.93.